The molecule has 0 aromatic heterocycles. The number of alkyl halides is 3. The molecule has 20 heavy (non-hydrogen) atoms. The smallest absolute Gasteiger partial charge is 0.418 e. The Morgan fingerprint density at radius 3 is 2.25 bits per heavy atom. The van der Waals surface area contributed by atoms with Gasteiger partial charge in [0.15, 0.2) is 0 Å². The van der Waals surface area contributed by atoms with Crippen LogP contribution in [0.1, 0.15) is 5.56 Å². The van der Waals surface area contributed by atoms with E-state index in [1.807, 2.05) is 0 Å². The van der Waals surface area contributed by atoms with Crippen LogP contribution in [0, 0.1) is 5.82 Å². The molecule has 4 nitrogen and oxygen atoms in total. The number of piperazine rings is 1. The molecule has 2 rings (SSSR count). The fourth-order valence-electron chi connectivity index (χ4n) is 2.15. The van der Waals surface area contributed by atoms with Gasteiger partial charge in [0, 0.05) is 31.9 Å². The van der Waals surface area contributed by atoms with Crippen LogP contribution in [0.3, 0.4) is 0 Å². The number of anilines is 1. The van der Waals surface area contributed by atoms with Crippen LogP contribution in [0.2, 0.25) is 0 Å². The Morgan fingerprint density at radius 1 is 1.15 bits per heavy atom. The number of carboxylic acid groups (broad SMARTS) is 1. The van der Waals surface area contributed by atoms with Crippen LogP contribution in [-0.2, 0) is 6.18 Å². The number of nitrogens with zero attached hydrogens (tertiary/aromatic N) is 2. The number of rotatable bonds is 1. The van der Waals surface area contributed by atoms with Gasteiger partial charge in [-0.05, 0) is 18.2 Å². The maximum atomic E-state index is 13.0. The van der Waals surface area contributed by atoms with Crippen molar-refractivity contribution in [2.24, 2.45) is 0 Å². The van der Waals surface area contributed by atoms with E-state index in [0.29, 0.717) is 6.07 Å². The average molecular weight is 292 g/mol. The molecular formula is C12H12F4N2O2. The van der Waals surface area contributed by atoms with Gasteiger partial charge in [0.2, 0.25) is 0 Å². The second-order valence-corrected chi connectivity index (χ2v) is 4.42. The molecule has 0 saturated carbocycles. The summed E-state index contributed by atoms with van der Waals surface area (Å²) in [5, 5.41) is 8.79. The Bertz CT molecular complexity index is 511. The van der Waals surface area contributed by atoms with Gasteiger partial charge in [0.1, 0.15) is 5.82 Å². The number of hydrogen-bond donors (Lipinski definition) is 1. The van der Waals surface area contributed by atoms with Gasteiger partial charge in [-0.25, -0.2) is 9.18 Å². The molecule has 110 valence electrons. The minimum Gasteiger partial charge on any atom is -0.465 e. The minimum absolute atomic E-state index is 0.115. The van der Waals surface area contributed by atoms with Gasteiger partial charge in [0.05, 0.1) is 5.56 Å². The van der Waals surface area contributed by atoms with Crippen LogP contribution in [0.15, 0.2) is 18.2 Å². The molecule has 1 amide bonds. The van der Waals surface area contributed by atoms with Crippen molar-refractivity contribution in [1.82, 2.24) is 4.90 Å². The second-order valence-electron chi connectivity index (χ2n) is 4.42. The van der Waals surface area contributed by atoms with Gasteiger partial charge in [-0.2, -0.15) is 13.2 Å². The standard InChI is InChI=1S/C12H12F4N2O2/c13-8-1-2-10(9(7-8)12(14,15)16)17-3-5-18(6-4-17)11(19)20/h1-2,7H,3-6H2,(H,19,20). The lowest BCUT2D eigenvalue weighted by Gasteiger charge is -2.35. The van der Waals surface area contributed by atoms with Crippen LogP contribution in [0.25, 0.3) is 0 Å². The maximum absolute atomic E-state index is 13.0. The van der Waals surface area contributed by atoms with Gasteiger partial charge >= 0.3 is 12.3 Å². The third-order valence-corrected chi connectivity index (χ3v) is 3.15. The maximum Gasteiger partial charge on any atom is 0.418 e. The fourth-order valence-corrected chi connectivity index (χ4v) is 2.15. The Labute approximate surface area is 112 Å². The van der Waals surface area contributed by atoms with Gasteiger partial charge in [-0.3, -0.25) is 0 Å². The minimum atomic E-state index is -4.65. The lowest BCUT2D eigenvalue weighted by molar-refractivity contribution is -0.137. The summed E-state index contributed by atoms with van der Waals surface area (Å²) in [6, 6.07) is 2.50. The average Bonchev–Trinajstić information content (AvgIpc) is 2.38. The van der Waals surface area contributed by atoms with Crippen molar-refractivity contribution in [2.45, 2.75) is 6.18 Å². The normalized spacial score (nSPS) is 16.4. The first-order chi connectivity index (χ1) is 9.29. The lowest BCUT2D eigenvalue weighted by atomic mass is 10.1. The summed E-state index contributed by atoms with van der Waals surface area (Å²) in [4.78, 5) is 13.3. The van der Waals surface area contributed by atoms with Crippen molar-refractivity contribution < 1.29 is 27.5 Å². The highest BCUT2D eigenvalue weighted by atomic mass is 19.4. The molecule has 1 saturated heterocycles. The van der Waals surface area contributed by atoms with Crippen molar-refractivity contribution >= 4 is 11.8 Å². The molecule has 1 aromatic carbocycles. The molecule has 0 bridgehead atoms. The molecule has 1 aromatic rings. The van der Waals surface area contributed by atoms with Crippen LogP contribution in [0.4, 0.5) is 28.0 Å². The van der Waals surface area contributed by atoms with Crippen molar-refractivity contribution in [3.05, 3.63) is 29.6 Å². The highest BCUT2D eigenvalue weighted by Crippen LogP contribution is 2.37. The molecule has 0 atom stereocenters. The number of halogens is 4. The zero-order valence-corrected chi connectivity index (χ0v) is 10.3. The third kappa shape index (κ3) is 2.94. The predicted octanol–water partition coefficient (Wildman–Crippen LogP) is 2.64. The summed E-state index contributed by atoms with van der Waals surface area (Å²) in [5.74, 6) is -0.953. The van der Waals surface area contributed by atoms with Crippen LogP contribution in [-0.4, -0.2) is 42.3 Å². The number of carbonyl (C=O) groups is 1. The summed E-state index contributed by atoms with van der Waals surface area (Å²) in [6.45, 7) is 0.510. The summed E-state index contributed by atoms with van der Waals surface area (Å²) in [5.41, 5.74) is -1.16. The summed E-state index contributed by atoms with van der Waals surface area (Å²) in [6.07, 6.45) is -5.75. The van der Waals surface area contributed by atoms with E-state index in [0.717, 1.165) is 17.0 Å². The molecule has 1 N–H and O–H groups in total. The largest absolute Gasteiger partial charge is 0.465 e. The first kappa shape index (κ1) is 14.4. The highest BCUT2D eigenvalue weighted by Gasteiger charge is 2.36. The van der Waals surface area contributed by atoms with Gasteiger partial charge < -0.3 is 14.9 Å². The molecule has 0 spiro atoms. The highest BCUT2D eigenvalue weighted by molar-refractivity contribution is 5.66. The van der Waals surface area contributed by atoms with Crippen molar-refractivity contribution in [1.29, 1.82) is 0 Å². The lowest BCUT2D eigenvalue weighted by Crippen LogP contribution is -2.48. The number of hydrogen-bond acceptors (Lipinski definition) is 2. The number of amides is 1. The molecule has 0 aliphatic carbocycles. The molecule has 0 unspecified atom stereocenters. The predicted molar refractivity (Wildman–Crippen MR) is 63.2 cm³/mol. The molecule has 1 aliphatic rings. The van der Waals surface area contributed by atoms with Gasteiger partial charge in [-0.15, -0.1) is 0 Å². The molecule has 8 heteroatoms. The van der Waals surface area contributed by atoms with E-state index in [9.17, 15) is 22.4 Å². The van der Waals surface area contributed by atoms with E-state index < -0.39 is 23.7 Å². The summed E-state index contributed by atoms with van der Waals surface area (Å²) >= 11 is 0. The van der Waals surface area contributed by atoms with E-state index in [1.54, 1.807) is 0 Å². The zero-order chi connectivity index (χ0) is 14.9. The Balaban J connectivity index is 2.24. The van der Waals surface area contributed by atoms with Crippen molar-refractivity contribution in [3.8, 4) is 0 Å². The van der Waals surface area contributed by atoms with Crippen LogP contribution < -0.4 is 4.90 Å². The van der Waals surface area contributed by atoms with E-state index >= 15 is 0 Å². The van der Waals surface area contributed by atoms with E-state index in [1.165, 1.54) is 4.90 Å². The van der Waals surface area contributed by atoms with Crippen molar-refractivity contribution in [3.63, 3.8) is 0 Å². The molecule has 1 heterocycles. The third-order valence-electron chi connectivity index (χ3n) is 3.15. The number of benzene rings is 1. The molecule has 1 aliphatic heterocycles. The van der Waals surface area contributed by atoms with Gasteiger partial charge in [0.25, 0.3) is 0 Å². The van der Waals surface area contributed by atoms with E-state index in [2.05, 4.69) is 0 Å². The van der Waals surface area contributed by atoms with E-state index in [4.69, 9.17) is 5.11 Å². The zero-order valence-electron chi connectivity index (χ0n) is 10.3. The van der Waals surface area contributed by atoms with Crippen LogP contribution in [0.5, 0.6) is 0 Å². The van der Waals surface area contributed by atoms with E-state index in [-0.39, 0.29) is 31.9 Å². The molecule has 1 fully saturated rings. The van der Waals surface area contributed by atoms with Crippen molar-refractivity contribution in [2.75, 3.05) is 31.1 Å². The Morgan fingerprint density at radius 2 is 1.75 bits per heavy atom. The second kappa shape index (κ2) is 5.18. The molecule has 0 radical (unpaired) electrons. The SMILES string of the molecule is O=C(O)N1CCN(c2ccc(F)cc2C(F)(F)F)CC1. The first-order valence-electron chi connectivity index (χ1n) is 5.88. The molecular weight excluding hydrogens is 280 g/mol. The Hall–Kier alpha value is -1.99. The van der Waals surface area contributed by atoms with Crippen LogP contribution >= 0.6 is 0 Å². The Kier molecular flexibility index (Phi) is 3.74. The van der Waals surface area contributed by atoms with Gasteiger partial charge in [-0.1, -0.05) is 0 Å². The summed E-state index contributed by atoms with van der Waals surface area (Å²) < 4.78 is 51.7. The monoisotopic (exact) mass is 292 g/mol. The first-order valence-corrected chi connectivity index (χ1v) is 5.88. The topological polar surface area (TPSA) is 43.8 Å². The fraction of sp³-hybridized carbons (Fsp3) is 0.417. The quantitative estimate of drug-likeness (QED) is 0.809. The summed E-state index contributed by atoms with van der Waals surface area (Å²) in [7, 11) is 0.